The highest BCUT2D eigenvalue weighted by Crippen LogP contribution is 2.31. The van der Waals surface area contributed by atoms with Crippen LogP contribution in [0.15, 0.2) is 53.2 Å². The van der Waals surface area contributed by atoms with Crippen molar-refractivity contribution >= 4 is 17.9 Å². The average Bonchev–Trinajstić information content (AvgIpc) is 3.04. The van der Waals surface area contributed by atoms with Crippen molar-refractivity contribution in [2.75, 3.05) is 13.7 Å². The summed E-state index contributed by atoms with van der Waals surface area (Å²) in [6.07, 6.45) is 1.48. The zero-order valence-corrected chi connectivity index (χ0v) is 15.1. The number of halogens is 2. The second-order valence-electron chi connectivity index (χ2n) is 5.58. The fourth-order valence-electron chi connectivity index (χ4n) is 2.50. The van der Waals surface area contributed by atoms with Gasteiger partial charge in [0.25, 0.3) is 0 Å². The molecule has 1 aliphatic rings. The van der Waals surface area contributed by atoms with Crippen molar-refractivity contribution in [1.82, 2.24) is 0 Å². The summed E-state index contributed by atoms with van der Waals surface area (Å²) in [6.45, 7) is -0.983. The number of nitrogens with zero attached hydrogens (tertiary/aromatic N) is 1. The van der Waals surface area contributed by atoms with Crippen molar-refractivity contribution in [1.29, 1.82) is 0 Å². The molecule has 1 heterocycles. The Bertz CT molecular complexity index is 923. The van der Waals surface area contributed by atoms with E-state index in [1.807, 2.05) is 0 Å². The highest BCUT2D eigenvalue weighted by Gasteiger charge is 2.24. The number of hydrogen-bond donors (Lipinski definition) is 0. The number of aliphatic imine (C=N–C) groups is 1. The lowest BCUT2D eigenvalue weighted by molar-refractivity contribution is -0.129. The maximum absolute atomic E-state index is 12.5. The van der Waals surface area contributed by atoms with E-state index < -0.39 is 12.6 Å². The van der Waals surface area contributed by atoms with Crippen molar-refractivity contribution < 1.29 is 32.5 Å². The topological polar surface area (TPSA) is 66.3 Å². The number of carbonyl (C=O) groups is 1. The molecular weight excluding hydrogens is 372 g/mol. The summed E-state index contributed by atoms with van der Waals surface area (Å²) < 4.78 is 45.0. The van der Waals surface area contributed by atoms with E-state index in [1.165, 1.54) is 24.3 Å². The van der Waals surface area contributed by atoms with E-state index >= 15 is 0 Å². The van der Waals surface area contributed by atoms with Crippen LogP contribution in [0.5, 0.6) is 17.2 Å². The number of hydrogen-bond acceptors (Lipinski definition) is 6. The Labute approximate surface area is 160 Å². The molecular formula is C20H17F2NO5. The monoisotopic (exact) mass is 389 g/mol. The number of methoxy groups -OCH3 is 1. The third kappa shape index (κ3) is 4.46. The molecule has 0 saturated heterocycles. The van der Waals surface area contributed by atoms with E-state index in [2.05, 4.69) is 9.73 Å². The summed E-state index contributed by atoms with van der Waals surface area (Å²) in [5.74, 6) is 0.274. The number of alkyl halides is 2. The van der Waals surface area contributed by atoms with Gasteiger partial charge in [0.15, 0.2) is 17.2 Å². The molecule has 1 aliphatic heterocycles. The third-order valence-electron chi connectivity index (χ3n) is 3.74. The minimum absolute atomic E-state index is 0.0794. The summed E-state index contributed by atoms with van der Waals surface area (Å²) in [4.78, 5) is 16.3. The smallest absolute Gasteiger partial charge is 0.387 e. The SMILES string of the molecule is CCOc1cc(C=C2N=C(c3ccc(OC)cc3)OC2=O)ccc1OC(F)F. The van der Waals surface area contributed by atoms with Crippen LogP contribution in [-0.2, 0) is 9.53 Å². The third-order valence-corrected chi connectivity index (χ3v) is 3.74. The van der Waals surface area contributed by atoms with Crippen molar-refractivity contribution in [3.63, 3.8) is 0 Å². The van der Waals surface area contributed by atoms with E-state index in [0.717, 1.165) is 0 Å². The maximum atomic E-state index is 12.5. The van der Waals surface area contributed by atoms with Gasteiger partial charge in [0, 0.05) is 5.56 Å². The second-order valence-corrected chi connectivity index (χ2v) is 5.58. The molecule has 3 rings (SSSR count). The van der Waals surface area contributed by atoms with Crippen LogP contribution in [0.25, 0.3) is 6.08 Å². The van der Waals surface area contributed by atoms with Gasteiger partial charge in [-0.15, -0.1) is 0 Å². The summed E-state index contributed by atoms with van der Waals surface area (Å²) >= 11 is 0. The maximum Gasteiger partial charge on any atom is 0.387 e. The Balaban J connectivity index is 1.88. The van der Waals surface area contributed by atoms with Crippen LogP contribution in [0.1, 0.15) is 18.1 Å². The summed E-state index contributed by atoms with van der Waals surface area (Å²) in [6, 6.07) is 11.2. The molecule has 0 fully saturated rings. The zero-order valence-electron chi connectivity index (χ0n) is 15.1. The minimum Gasteiger partial charge on any atom is -0.497 e. The fraction of sp³-hybridized carbons (Fsp3) is 0.200. The van der Waals surface area contributed by atoms with E-state index in [4.69, 9.17) is 14.2 Å². The Morgan fingerprint density at radius 1 is 1.14 bits per heavy atom. The second kappa shape index (κ2) is 8.51. The van der Waals surface area contributed by atoms with Crippen molar-refractivity contribution in [2.45, 2.75) is 13.5 Å². The van der Waals surface area contributed by atoms with E-state index in [1.54, 1.807) is 38.3 Å². The standard InChI is InChI=1S/C20H17F2NO5/c1-3-26-17-11-12(4-9-16(17)27-20(21)22)10-15-19(24)28-18(23-15)13-5-7-14(25-2)8-6-13/h4-11,20H,3H2,1-2H3. The van der Waals surface area contributed by atoms with Crippen LogP contribution in [0.2, 0.25) is 0 Å². The first-order chi connectivity index (χ1) is 13.5. The summed E-state index contributed by atoms with van der Waals surface area (Å²) in [7, 11) is 1.55. The highest BCUT2D eigenvalue weighted by atomic mass is 19.3. The molecule has 146 valence electrons. The molecule has 0 amide bonds. The molecule has 0 aromatic heterocycles. The minimum atomic E-state index is -2.97. The molecule has 0 radical (unpaired) electrons. The zero-order chi connectivity index (χ0) is 20.1. The molecule has 8 heteroatoms. The molecule has 0 unspecified atom stereocenters. The lowest BCUT2D eigenvalue weighted by atomic mass is 10.1. The molecule has 6 nitrogen and oxygen atoms in total. The lowest BCUT2D eigenvalue weighted by Crippen LogP contribution is -2.05. The fourth-order valence-corrected chi connectivity index (χ4v) is 2.50. The molecule has 0 atom stereocenters. The molecule has 2 aromatic rings. The van der Waals surface area contributed by atoms with Crippen molar-refractivity contribution in [3.05, 3.63) is 59.3 Å². The van der Waals surface area contributed by atoms with Gasteiger partial charge in [-0.3, -0.25) is 0 Å². The molecule has 0 aliphatic carbocycles. The van der Waals surface area contributed by atoms with Crippen molar-refractivity contribution in [3.8, 4) is 17.2 Å². The van der Waals surface area contributed by atoms with Gasteiger partial charge in [-0.2, -0.15) is 8.78 Å². The Morgan fingerprint density at radius 2 is 1.89 bits per heavy atom. The number of esters is 1. The van der Waals surface area contributed by atoms with Crippen LogP contribution < -0.4 is 14.2 Å². The molecule has 0 N–H and O–H groups in total. The van der Waals surface area contributed by atoms with Gasteiger partial charge in [0.1, 0.15) is 5.75 Å². The Hall–Kier alpha value is -3.42. The number of cyclic esters (lactones) is 1. The van der Waals surface area contributed by atoms with E-state index in [9.17, 15) is 13.6 Å². The molecule has 0 saturated carbocycles. The van der Waals surface area contributed by atoms with Crippen LogP contribution in [0.4, 0.5) is 8.78 Å². The summed E-state index contributed by atoms with van der Waals surface area (Å²) in [5, 5.41) is 0. The van der Waals surface area contributed by atoms with Crippen LogP contribution in [0, 0.1) is 0 Å². The van der Waals surface area contributed by atoms with Gasteiger partial charge in [-0.1, -0.05) is 6.07 Å². The average molecular weight is 389 g/mol. The van der Waals surface area contributed by atoms with Gasteiger partial charge in [-0.05, 0) is 55.0 Å². The Kier molecular flexibility index (Phi) is 5.88. The van der Waals surface area contributed by atoms with Gasteiger partial charge in [-0.25, -0.2) is 9.79 Å². The molecule has 28 heavy (non-hydrogen) atoms. The normalized spacial score (nSPS) is 14.8. The number of rotatable bonds is 7. The lowest BCUT2D eigenvalue weighted by Gasteiger charge is -2.11. The highest BCUT2D eigenvalue weighted by molar-refractivity contribution is 6.12. The number of benzene rings is 2. The number of carbonyl (C=O) groups excluding carboxylic acids is 1. The quantitative estimate of drug-likeness (QED) is 0.528. The Morgan fingerprint density at radius 3 is 2.54 bits per heavy atom. The first kappa shape index (κ1) is 19.3. The first-order valence-corrected chi connectivity index (χ1v) is 8.38. The predicted octanol–water partition coefficient (Wildman–Crippen LogP) is 4.04. The van der Waals surface area contributed by atoms with E-state index in [-0.39, 0.29) is 29.7 Å². The van der Waals surface area contributed by atoms with Crippen LogP contribution in [0.3, 0.4) is 0 Å². The summed E-state index contributed by atoms with van der Waals surface area (Å²) in [5.41, 5.74) is 1.22. The largest absolute Gasteiger partial charge is 0.497 e. The van der Waals surface area contributed by atoms with E-state index in [0.29, 0.717) is 16.9 Å². The molecule has 0 bridgehead atoms. The van der Waals surface area contributed by atoms with Gasteiger partial charge in [0.05, 0.1) is 13.7 Å². The van der Waals surface area contributed by atoms with Gasteiger partial charge in [0.2, 0.25) is 5.90 Å². The molecule has 2 aromatic carbocycles. The number of ether oxygens (including phenoxy) is 4. The van der Waals surface area contributed by atoms with Crippen LogP contribution in [-0.4, -0.2) is 32.2 Å². The predicted molar refractivity (Wildman–Crippen MR) is 97.8 cm³/mol. The van der Waals surface area contributed by atoms with Gasteiger partial charge < -0.3 is 18.9 Å². The molecule has 0 spiro atoms. The first-order valence-electron chi connectivity index (χ1n) is 8.38. The van der Waals surface area contributed by atoms with Crippen molar-refractivity contribution in [2.24, 2.45) is 4.99 Å². The van der Waals surface area contributed by atoms with Gasteiger partial charge >= 0.3 is 12.6 Å². The van der Waals surface area contributed by atoms with Crippen LogP contribution >= 0.6 is 0 Å².